The summed E-state index contributed by atoms with van der Waals surface area (Å²) in [5.41, 5.74) is -4.71. The van der Waals surface area contributed by atoms with Gasteiger partial charge >= 0.3 is 7.12 Å². The van der Waals surface area contributed by atoms with Crippen molar-refractivity contribution in [3.63, 3.8) is 0 Å². The first-order valence-corrected chi connectivity index (χ1v) is 16.3. The molecular formula is C39H8BF17O2. The van der Waals surface area contributed by atoms with E-state index in [4.69, 9.17) is 9.31 Å². The van der Waals surface area contributed by atoms with Gasteiger partial charge in [0.15, 0.2) is 87.3 Å². The number of hydrogen-bond acceptors (Lipinski definition) is 2. The van der Waals surface area contributed by atoms with E-state index in [2.05, 4.69) is 0 Å². The molecule has 0 aliphatic heterocycles. The van der Waals surface area contributed by atoms with Gasteiger partial charge in [-0.2, -0.15) is 4.39 Å². The van der Waals surface area contributed by atoms with E-state index in [0.29, 0.717) is 12.1 Å². The number of fused-ring (bicyclic) bond motifs is 4. The molecule has 2 nitrogen and oxygen atoms in total. The largest absolute Gasteiger partial charge is 0.636 e. The van der Waals surface area contributed by atoms with Crippen molar-refractivity contribution in [3.8, 4) is 22.6 Å². The van der Waals surface area contributed by atoms with Crippen LogP contribution < -0.4 is 14.8 Å². The Kier molecular flexibility index (Phi) is 8.24. The molecule has 20 heteroatoms. The first kappa shape index (κ1) is 38.1. The molecule has 8 aromatic carbocycles. The van der Waals surface area contributed by atoms with Gasteiger partial charge in [0.1, 0.15) is 17.3 Å². The fraction of sp³-hybridized carbons (Fsp3) is 0.0256. The van der Waals surface area contributed by atoms with Crippen LogP contribution in [0.25, 0.3) is 54.2 Å². The van der Waals surface area contributed by atoms with Gasteiger partial charge in [-0.05, 0) is 17.7 Å². The highest BCUT2D eigenvalue weighted by atomic mass is 19.2. The summed E-state index contributed by atoms with van der Waals surface area (Å²) in [6, 6.07) is 4.92. The summed E-state index contributed by atoms with van der Waals surface area (Å²) in [6.07, 6.45) is -0.760. The summed E-state index contributed by atoms with van der Waals surface area (Å²) >= 11 is 0. The van der Waals surface area contributed by atoms with Crippen LogP contribution in [0, 0.1) is 98.9 Å². The van der Waals surface area contributed by atoms with E-state index in [1.807, 2.05) is 0 Å². The van der Waals surface area contributed by atoms with Gasteiger partial charge in [-0.1, -0.05) is 24.3 Å². The molecule has 0 unspecified atom stereocenters. The molecule has 0 heterocycles. The van der Waals surface area contributed by atoms with Gasteiger partial charge in [-0.25, -0.2) is 70.2 Å². The molecule has 9 rings (SSSR count). The molecule has 0 spiro atoms. The molecule has 8 aromatic rings. The van der Waals surface area contributed by atoms with Gasteiger partial charge < -0.3 is 9.31 Å². The van der Waals surface area contributed by atoms with E-state index in [1.54, 1.807) is 0 Å². The number of rotatable bonds is 5. The monoisotopic (exact) mass is 842 g/mol. The van der Waals surface area contributed by atoms with E-state index in [0.717, 1.165) is 24.3 Å². The maximum Gasteiger partial charge on any atom is 0.636 e. The van der Waals surface area contributed by atoms with Crippen LogP contribution in [0.15, 0.2) is 36.4 Å². The molecule has 0 aromatic heterocycles. The topological polar surface area (TPSA) is 18.5 Å². The van der Waals surface area contributed by atoms with Crippen LogP contribution in [-0.4, -0.2) is 7.12 Å². The molecule has 0 fully saturated rings. The number of halogens is 17. The number of hydrogen-bond donors (Lipinski definition) is 0. The van der Waals surface area contributed by atoms with Gasteiger partial charge in [0.05, 0.1) is 27.0 Å². The van der Waals surface area contributed by atoms with Crippen LogP contribution in [0.4, 0.5) is 74.6 Å². The lowest BCUT2D eigenvalue weighted by Crippen LogP contribution is -2.46. The molecule has 0 bridgehead atoms. The smallest absolute Gasteiger partial charge is 0.521 e. The highest BCUT2D eigenvalue weighted by Gasteiger charge is 2.44. The highest BCUT2D eigenvalue weighted by Crippen LogP contribution is 2.48. The SMILES string of the molecule is Fc1cccc2c1-c1c(F)c(F)c(F)c(OB(Oc3cccc4c(F)c(F)c(F)c(F)c34)c3c(F)c(F)c4c(F)c(F)c5c(F)c(F)c(F)c6c(F)c(F)c3c4c56)c1C2. The lowest BCUT2D eigenvalue weighted by atomic mass is 9.72. The first-order chi connectivity index (χ1) is 27.9. The Morgan fingerprint density at radius 1 is 0.373 bits per heavy atom. The fourth-order valence-electron chi connectivity index (χ4n) is 7.62. The molecule has 0 amide bonds. The summed E-state index contributed by atoms with van der Waals surface area (Å²) in [5.74, 6) is -43.7. The maximum atomic E-state index is 16.6. The summed E-state index contributed by atoms with van der Waals surface area (Å²) in [6.45, 7) is 0. The number of benzene rings is 8. The van der Waals surface area contributed by atoms with Crippen LogP contribution in [0.5, 0.6) is 11.5 Å². The minimum atomic E-state index is -3.36. The predicted octanol–water partition coefficient (Wildman–Crippen LogP) is 11.5. The van der Waals surface area contributed by atoms with Crippen molar-refractivity contribution in [2.45, 2.75) is 6.42 Å². The molecule has 1 aliphatic rings. The average molecular weight is 842 g/mol. The molecule has 298 valence electrons. The average Bonchev–Trinajstić information content (AvgIpc) is 3.61. The Balaban J connectivity index is 1.43. The Hall–Kier alpha value is -6.47. The van der Waals surface area contributed by atoms with E-state index >= 15 is 57.1 Å². The molecular weight excluding hydrogens is 834 g/mol. The summed E-state index contributed by atoms with van der Waals surface area (Å²) in [5, 5.41) is -13.7. The summed E-state index contributed by atoms with van der Waals surface area (Å²) in [7, 11) is -3.36. The van der Waals surface area contributed by atoms with Gasteiger partial charge in [-0.15, -0.1) is 0 Å². The van der Waals surface area contributed by atoms with Crippen molar-refractivity contribution in [1.29, 1.82) is 0 Å². The molecule has 0 saturated heterocycles. The third-order valence-corrected chi connectivity index (χ3v) is 10.1. The van der Waals surface area contributed by atoms with E-state index in [1.165, 1.54) is 0 Å². The third kappa shape index (κ3) is 4.85. The second-order valence-electron chi connectivity index (χ2n) is 13.1. The summed E-state index contributed by atoms with van der Waals surface area (Å²) < 4.78 is 273. The van der Waals surface area contributed by atoms with Crippen molar-refractivity contribution in [1.82, 2.24) is 0 Å². The Morgan fingerprint density at radius 2 is 0.847 bits per heavy atom. The van der Waals surface area contributed by atoms with Crippen molar-refractivity contribution < 1.29 is 83.9 Å². The van der Waals surface area contributed by atoms with Gasteiger partial charge in [-0.3, -0.25) is 0 Å². The Labute approximate surface area is 315 Å². The molecule has 0 N–H and O–H groups in total. The fourth-order valence-corrected chi connectivity index (χ4v) is 7.62. The second kappa shape index (κ2) is 12.8. The van der Waals surface area contributed by atoms with Crippen molar-refractivity contribution >= 4 is 55.7 Å². The lowest BCUT2D eigenvalue weighted by molar-refractivity contribution is 0.386. The molecule has 1 aliphatic carbocycles. The Morgan fingerprint density at radius 3 is 1.47 bits per heavy atom. The van der Waals surface area contributed by atoms with E-state index in [9.17, 15) is 17.6 Å². The van der Waals surface area contributed by atoms with Crippen LogP contribution in [0.2, 0.25) is 0 Å². The van der Waals surface area contributed by atoms with Crippen molar-refractivity contribution in [3.05, 3.63) is 146 Å². The minimum absolute atomic E-state index is 0.169. The maximum absolute atomic E-state index is 16.6. The normalized spacial score (nSPS) is 12.4. The standard InChI is InChI=1S/C39H8BF17O2/c41-11-5-1-3-8-7-10-15(13(8)11)25(44)37(56)38(57)39(10)59-40(58-12-6-2-4-9-14(12)24(43)36(55)34(53)23(9)42)22-18-16-17-20(27(46)26(18)45)31(50)35(54)32(51)21(17)29(48)28(47)19(16)30(49)33(22)52/h1-6H,7H2. The van der Waals surface area contributed by atoms with Gasteiger partial charge in [0.25, 0.3) is 0 Å². The van der Waals surface area contributed by atoms with Crippen LogP contribution >= 0.6 is 0 Å². The zero-order valence-electron chi connectivity index (χ0n) is 28.0. The highest BCUT2D eigenvalue weighted by molar-refractivity contribution is 6.66. The van der Waals surface area contributed by atoms with Crippen molar-refractivity contribution in [2.75, 3.05) is 0 Å². The van der Waals surface area contributed by atoms with Crippen LogP contribution in [0.1, 0.15) is 11.1 Å². The molecule has 0 radical (unpaired) electrons. The summed E-state index contributed by atoms with van der Waals surface area (Å²) in [4.78, 5) is 0. The lowest BCUT2D eigenvalue weighted by Gasteiger charge is -2.24. The molecule has 59 heavy (non-hydrogen) atoms. The van der Waals surface area contributed by atoms with E-state index in [-0.39, 0.29) is 5.56 Å². The van der Waals surface area contributed by atoms with Gasteiger partial charge in [0.2, 0.25) is 5.82 Å². The van der Waals surface area contributed by atoms with Gasteiger partial charge in [0, 0.05) is 44.7 Å². The second-order valence-corrected chi connectivity index (χ2v) is 13.1. The van der Waals surface area contributed by atoms with Crippen LogP contribution in [0.3, 0.4) is 0 Å². The van der Waals surface area contributed by atoms with E-state index < -0.39 is 189 Å². The quantitative estimate of drug-likeness (QED) is 0.0565. The zero-order chi connectivity index (χ0) is 42.4. The molecule has 0 saturated carbocycles. The Bertz CT molecular complexity index is 3220. The molecule has 0 atom stereocenters. The first-order valence-electron chi connectivity index (χ1n) is 16.3. The predicted molar refractivity (Wildman–Crippen MR) is 175 cm³/mol. The third-order valence-electron chi connectivity index (χ3n) is 10.1. The van der Waals surface area contributed by atoms with Crippen LogP contribution in [-0.2, 0) is 6.42 Å². The minimum Gasteiger partial charge on any atom is -0.521 e. The van der Waals surface area contributed by atoms with Crippen molar-refractivity contribution in [2.24, 2.45) is 0 Å². The zero-order valence-corrected chi connectivity index (χ0v) is 28.0.